The van der Waals surface area contributed by atoms with Crippen LogP contribution in [0.3, 0.4) is 0 Å². The molecule has 7 nitrogen and oxygen atoms in total. The van der Waals surface area contributed by atoms with Gasteiger partial charge in [-0.15, -0.1) is 0 Å². The van der Waals surface area contributed by atoms with Crippen molar-refractivity contribution >= 4 is 29.3 Å². The lowest BCUT2D eigenvalue weighted by molar-refractivity contribution is -0.113. The van der Waals surface area contributed by atoms with E-state index in [1.165, 1.54) is 12.1 Å². The van der Waals surface area contributed by atoms with E-state index < -0.39 is 5.97 Å². The first kappa shape index (κ1) is 20.9. The molecular formula is C22H17N3O4S. The van der Waals surface area contributed by atoms with Crippen molar-refractivity contribution in [1.29, 1.82) is 5.26 Å². The predicted octanol–water partition coefficient (Wildman–Crippen LogP) is 4.06. The molecule has 1 aromatic heterocycles. The highest BCUT2D eigenvalue weighted by Gasteiger charge is 2.12. The van der Waals surface area contributed by atoms with Gasteiger partial charge in [0.2, 0.25) is 5.91 Å². The monoisotopic (exact) mass is 419 g/mol. The van der Waals surface area contributed by atoms with Crippen LogP contribution in [0.1, 0.15) is 15.9 Å². The second kappa shape index (κ2) is 9.58. The fourth-order valence-electron chi connectivity index (χ4n) is 2.62. The number of benzene rings is 2. The number of nitrogens with zero attached hydrogens (tertiary/aromatic N) is 2. The van der Waals surface area contributed by atoms with Crippen molar-refractivity contribution in [1.82, 2.24) is 4.98 Å². The molecule has 0 aliphatic heterocycles. The normalized spacial score (nSPS) is 10.1. The zero-order chi connectivity index (χ0) is 21.5. The Labute approximate surface area is 177 Å². The Hall–Kier alpha value is -3.83. The van der Waals surface area contributed by atoms with Gasteiger partial charge in [-0.1, -0.05) is 17.8 Å². The Balaban J connectivity index is 1.72. The molecule has 2 aromatic carbocycles. The maximum atomic E-state index is 12.3. The van der Waals surface area contributed by atoms with Gasteiger partial charge in [0.15, 0.2) is 0 Å². The van der Waals surface area contributed by atoms with Gasteiger partial charge in [0.25, 0.3) is 0 Å². The molecule has 3 aromatic rings. The van der Waals surface area contributed by atoms with E-state index in [9.17, 15) is 14.9 Å². The van der Waals surface area contributed by atoms with Crippen LogP contribution in [0.5, 0.6) is 5.75 Å². The van der Waals surface area contributed by atoms with Gasteiger partial charge in [-0.05, 0) is 54.6 Å². The number of hydrogen-bond acceptors (Lipinski definition) is 6. The SMILES string of the molecule is COc1ccc(-c2ccc(C#N)c(SCC(=O)Nc3cccc(C(=O)O)c3)n2)cc1. The minimum absolute atomic E-state index is 0.0189. The van der Waals surface area contributed by atoms with E-state index in [0.717, 1.165) is 23.1 Å². The topological polar surface area (TPSA) is 112 Å². The van der Waals surface area contributed by atoms with E-state index in [4.69, 9.17) is 9.84 Å². The summed E-state index contributed by atoms with van der Waals surface area (Å²) in [5, 5.41) is 21.5. The zero-order valence-electron chi connectivity index (χ0n) is 16.0. The van der Waals surface area contributed by atoms with Crippen LogP contribution in [0.15, 0.2) is 65.7 Å². The molecule has 150 valence electrons. The predicted molar refractivity (Wildman–Crippen MR) is 114 cm³/mol. The average Bonchev–Trinajstić information content (AvgIpc) is 2.77. The number of aromatic nitrogens is 1. The number of nitriles is 1. The van der Waals surface area contributed by atoms with Crippen LogP contribution in [-0.4, -0.2) is 34.8 Å². The van der Waals surface area contributed by atoms with Gasteiger partial charge in [0.1, 0.15) is 16.8 Å². The first-order valence-electron chi connectivity index (χ1n) is 8.81. The van der Waals surface area contributed by atoms with Crippen molar-refractivity contribution in [2.75, 3.05) is 18.2 Å². The summed E-state index contributed by atoms with van der Waals surface area (Å²) in [5.41, 5.74) is 2.38. The number of ether oxygens (including phenoxy) is 1. The number of thioether (sulfide) groups is 1. The number of amides is 1. The molecule has 1 heterocycles. The number of methoxy groups -OCH3 is 1. The minimum atomic E-state index is -1.07. The van der Waals surface area contributed by atoms with E-state index in [-0.39, 0.29) is 17.2 Å². The molecule has 0 radical (unpaired) electrons. The molecule has 0 saturated heterocycles. The Morgan fingerprint density at radius 2 is 1.93 bits per heavy atom. The van der Waals surface area contributed by atoms with Gasteiger partial charge in [0.05, 0.1) is 29.7 Å². The highest BCUT2D eigenvalue weighted by Crippen LogP contribution is 2.26. The first-order valence-corrected chi connectivity index (χ1v) is 9.80. The first-order chi connectivity index (χ1) is 14.5. The highest BCUT2D eigenvalue weighted by molar-refractivity contribution is 8.00. The molecule has 0 aliphatic carbocycles. The molecule has 0 bridgehead atoms. The second-order valence-corrected chi connectivity index (χ2v) is 7.08. The van der Waals surface area contributed by atoms with Crippen LogP contribution in [0.25, 0.3) is 11.3 Å². The number of carboxylic acid groups (broad SMARTS) is 1. The standard InChI is InChI=1S/C22H17N3O4S/c1-29-18-8-5-14(6-9-18)19-10-7-16(12-23)21(25-19)30-13-20(26)24-17-4-2-3-15(11-17)22(27)28/h2-11H,13H2,1H3,(H,24,26)(H,27,28). The lowest BCUT2D eigenvalue weighted by atomic mass is 10.1. The minimum Gasteiger partial charge on any atom is -0.497 e. The third kappa shape index (κ3) is 5.16. The number of pyridine rings is 1. The van der Waals surface area contributed by atoms with E-state index >= 15 is 0 Å². The fraction of sp³-hybridized carbons (Fsp3) is 0.0909. The van der Waals surface area contributed by atoms with Crippen LogP contribution < -0.4 is 10.1 Å². The number of carbonyl (C=O) groups excluding carboxylic acids is 1. The van der Waals surface area contributed by atoms with Crippen LogP contribution in [0.4, 0.5) is 5.69 Å². The Kier molecular flexibility index (Phi) is 6.67. The number of aromatic carboxylic acids is 1. The molecule has 1 amide bonds. The molecule has 0 saturated carbocycles. The molecule has 0 unspecified atom stereocenters. The van der Waals surface area contributed by atoms with Gasteiger partial charge in [-0.25, -0.2) is 9.78 Å². The third-order valence-corrected chi connectivity index (χ3v) is 5.09. The zero-order valence-corrected chi connectivity index (χ0v) is 16.8. The van der Waals surface area contributed by atoms with Crippen molar-refractivity contribution in [3.63, 3.8) is 0 Å². The molecule has 8 heteroatoms. The summed E-state index contributed by atoms with van der Waals surface area (Å²) in [6.45, 7) is 0. The summed E-state index contributed by atoms with van der Waals surface area (Å²) >= 11 is 1.14. The van der Waals surface area contributed by atoms with Gasteiger partial charge < -0.3 is 15.2 Å². The van der Waals surface area contributed by atoms with Crippen molar-refractivity contribution in [2.45, 2.75) is 5.03 Å². The number of hydrogen-bond donors (Lipinski definition) is 2. The molecule has 0 atom stereocenters. The highest BCUT2D eigenvalue weighted by atomic mass is 32.2. The summed E-state index contributed by atoms with van der Waals surface area (Å²) in [4.78, 5) is 27.9. The molecule has 2 N–H and O–H groups in total. The van der Waals surface area contributed by atoms with Gasteiger partial charge in [-0.2, -0.15) is 5.26 Å². The number of carbonyl (C=O) groups is 2. The maximum absolute atomic E-state index is 12.3. The average molecular weight is 419 g/mol. The van der Waals surface area contributed by atoms with Crippen molar-refractivity contribution in [2.24, 2.45) is 0 Å². The van der Waals surface area contributed by atoms with E-state index in [1.807, 2.05) is 24.3 Å². The lowest BCUT2D eigenvalue weighted by Crippen LogP contribution is -2.14. The van der Waals surface area contributed by atoms with Crippen molar-refractivity contribution in [3.05, 3.63) is 71.8 Å². The number of carboxylic acids is 1. The number of nitrogens with one attached hydrogen (secondary N) is 1. The smallest absolute Gasteiger partial charge is 0.335 e. The molecule has 30 heavy (non-hydrogen) atoms. The largest absolute Gasteiger partial charge is 0.497 e. The Bertz CT molecular complexity index is 1120. The summed E-state index contributed by atoms with van der Waals surface area (Å²) in [6, 6.07) is 18.9. The molecule has 0 spiro atoms. The van der Waals surface area contributed by atoms with E-state index in [1.54, 1.807) is 31.4 Å². The summed E-state index contributed by atoms with van der Waals surface area (Å²) < 4.78 is 5.15. The van der Waals surface area contributed by atoms with E-state index in [0.29, 0.717) is 22.0 Å². The van der Waals surface area contributed by atoms with Crippen LogP contribution in [0, 0.1) is 11.3 Å². The Morgan fingerprint density at radius 3 is 2.60 bits per heavy atom. The second-order valence-electron chi connectivity index (χ2n) is 6.11. The molecular weight excluding hydrogens is 402 g/mol. The molecule has 0 fully saturated rings. The summed E-state index contributed by atoms with van der Waals surface area (Å²) in [7, 11) is 1.59. The fourth-order valence-corrected chi connectivity index (χ4v) is 3.39. The van der Waals surface area contributed by atoms with Gasteiger partial charge >= 0.3 is 5.97 Å². The van der Waals surface area contributed by atoms with Crippen LogP contribution in [0.2, 0.25) is 0 Å². The van der Waals surface area contributed by atoms with Crippen molar-refractivity contribution in [3.8, 4) is 23.1 Å². The van der Waals surface area contributed by atoms with Gasteiger partial charge in [0, 0.05) is 11.3 Å². The quantitative estimate of drug-likeness (QED) is 0.555. The molecule has 3 rings (SSSR count). The number of rotatable bonds is 7. The van der Waals surface area contributed by atoms with Gasteiger partial charge in [-0.3, -0.25) is 4.79 Å². The summed E-state index contributed by atoms with van der Waals surface area (Å²) in [6.07, 6.45) is 0. The van der Waals surface area contributed by atoms with Crippen molar-refractivity contribution < 1.29 is 19.4 Å². The molecule has 0 aliphatic rings. The third-order valence-electron chi connectivity index (χ3n) is 4.10. The number of anilines is 1. The van der Waals surface area contributed by atoms with Crippen LogP contribution in [-0.2, 0) is 4.79 Å². The van der Waals surface area contributed by atoms with E-state index in [2.05, 4.69) is 16.4 Å². The lowest BCUT2D eigenvalue weighted by Gasteiger charge is -2.08. The summed E-state index contributed by atoms with van der Waals surface area (Å²) in [5.74, 6) is -0.655. The maximum Gasteiger partial charge on any atom is 0.335 e. The van der Waals surface area contributed by atoms with Crippen LogP contribution >= 0.6 is 11.8 Å². The Morgan fingerprint density at radius 1 is 1.17 bits per heavy atom.